The maximum atomic E-state index is 6.33. The number of aromatic nitrogens is 2. The molecule has 20 heavy (non-hydrogen) atoms. The summed E-state index contributed by atoms with van der Waals surface area (Å²) in [7, 11) is 0. The summed E-state index contributed by atoms with van der Waals surface area (Å²) in [6, 6.07) is 7.96. The van der Waals surface area contributed by atoms with Crippen molar-refractivity contribution in [2.75, 3.05) is 0 Å². The molecule has 0 spiro atoms. The maximum absolute atomic E-state index is 6.33. The SMILES string of the molecule is CC(C)c1nn(-c2ccccc2Cl)c2c1C(N)CCC2. The highest BCUT2D eigenvalue weighted by Gasteiger charge is 2.28. The first kappa shape index (κ1) is 13.7. The average molecular weight is 290 g/mol. The van der Waals surface area contributed by atoms with E-state index in [1.807, 2.05) is 28.9 Å². The van der Waals surface area contributed by atoms with Crippen LogP contribution in [0.1, 0.15) is 55.6 Å². The summed E-state index contributed by atoms with van der Waals surface area (Å²) in [5.41, 5.74) is 10.9. The first-order chi connectivity index (χ1) is 9.59. The second kappa shape index (κ2) is 5.23. The van der Waals surface area contributed by atoms with E-state index in [0.29, 0.717) is 5.92 Å². The van der Waals surface area contributed by atoms with Gasteiger partial charge >= 0.3 is 0 Å². The van der Waals surface area contributed by atoms with Gasteiger partial charge in [-0.25, -0.2) is 4.68 Å². The quantitative estimate of drug-likeness (QED) is 0.908. The fraction of sp³-hybridized carbons (Fsp3) is 0.438. The van der Waals surface area contributed by atoms with Gasteiger partial charge < -0.3 is 5.73 Å². The van der Waals surface area contributed by atoms with Gasteiger partial charge in [0.1, 0.15) is 0 Å². The van der Waals surface area contributed by atoms with Gasteiger partial charge in [0.05, 0.1) is 16.4 Å². The Hall–Kier alpha value is -1.32. The molecule has 1 aliphatic carbocycles. The Balaban J connectivity index is 2.23. The zero-order valence-electron chi connectivity index (χ0n) is 11.9. The number of nitrogens with two attached hydrogens (primary N) is 1. The Bertz CT molecular complexity index is 631. The minimum atomic E-state index is 0.104. The minimum absolute atomic E-state index is 0.104. The Morgan fingerprint density at radius 1 is 1.35 bits per heavy atom. The lowest BCUT2D eigenvalue weighted by Crippen LogP contribution is -2.19. The molecule has 3 nitrogen and oxygen atoms in total. The van der Waals surface area contributed by atoms with E-state index in [4.69, 9.17) is 22.4 Å². The van der Waals surface area contributed by atoms with Crippen LogP contribution in [0.15, 0.2) is 24.3 Å². The summed E-state index contributed by atoms with van der Waals surface area (Å²) in [6.07, 6.45) is 3.18. The number of nitrogens with zero attached hydrogens (tertiary/aromatic N) is 2. The molecule has 0 bridgehead atoms. The highest BCUT2D eigenvalue weighted by atomic mass is 35.5. The van der Waals surface area contributed by atoms with Gasteiger partial charge in [0.25, 0.3) is 0 Å². The van der Waals surface area contributed by atoms with Gasteiger partial charge in [0, 0.05) is 17.3 Å². The third-order valence-electron chi connectivity index (χ3n) is 3.98. The van der Waals surface area contributed by atoms with Gasteiger partial charge in [-0.3, -0.25) is 0 Å². The molecule has 1 unspecified atom stereocenters. The van der Waals surface area contributed by atoms with E-state index in [0.717, 1.165) is 35.7 Å². The van der Waals surface area contributed by atoms with Crippen LogP contribution in [0.5, 0.6) is 0 Å². The molecule has 0 saturated heterocycles. The van der Waals surface area contributed by atoms with Crippen molar-refractivity contribution in [3.05, 3.63) is 46.2 Å². The topological polar surface area (TPSA) is 43.8 Å². The zero-order valence-corrected chi connectivity index (χ0v) is 12.7. The highest BCUT2D eigenvalue weighted by Crippen LogP contribution is 2.36. The van der Waals surface area contributed by atoms with Crippen molar-refractivity contribution in [1.29, 1.82) is 0 Å². The fourth-order valence-corrected chi connectivity index (χ4v) is 3.23. The van der Waals surface area contributed by atoms with E-state index in [9.17, 15) is 0 Å². The van der Waals surface area contributed by atoms with E-state index < -0.39 is 0 Å². The van der Waals surface area contributed by atoms with Crippen LogP contribution in [0.4, 0.5) is 0 Å². The van der Waals surface area contributed by atoms with Gasteiger partial charge in [0.15, 0.2) is 0 Å². The molecule has 1 atom stereocenters. The number of halogens is 1. The Labute approximate surface area is 124 Å². The molecule has 1 heterocycles. The molecule has 0 radical (unpaired) electrons. The lowest BCUT2D eigenvalue weighted by Gasteiger charge is -2.21. The number of rotatable bonds is 2. The molecule has 1 aromatic heterocycles. The molecule has 1 aromatic carbocycles. The number of hydrogen-bond donors (Lipinski definition) is 1. The van der Waals surface area contributed by atoms with E-state index in [-0.39, 0.29) is 6.04 Å². The molecule has 0 fully saturated rings. The van der Waals surface area contributed by atoms with E-state index in [1.54, 1.807) is 0 Å². The van der Waals surface area contributed by atoms with Crippen molar-refractivity contribution in [3.8, 4) is 5.69 Å². The molecular formula is C16H20ClN3. The molecule has 0 saturated carbocycles. The molecule has 2 N–H and O–H groups in total. The van der Waals surface area contributed by atoms with Crippen LogP contribution in [-0.2, 0) is 6.42 Å². The first-order valence-electron chi connectivity index (χ1n) is 7.21. The lowest BCUT2D eigenvalue weighted by atomic mass is 9.89. The van der Waals surface area contributed by atoms with Crippen LogP contribution < -0.4 is 5.73 Å². The predicted molar refractivity (Wildman–Crippen MR) is 82.5 cm³/mol. The van der Waals surface area contributed by atoms with Crippen molar-refractivity contribution >= 4 is 11.6 Å². The normalized spacial score (nSPS) is 18.4. The summed E-state index contributed by atoms with van der Waals surface area (Å²) in [5.74, 6) is 0.372. The molecule has 0 aliphatic heterocycles. The van der Waals surface area contributed by atoms with Crippen molar-refractivity contribution in [3.63, 3.8) is 0 Å². The fourth-order valence-electron chi connectivity index (χ4n) is 3.01. The largest absolute Gasteiger partial charge is 0.324 e. The number of para-hydroxylation sites is 1. The van der Waals surface area contributed by atoms with E-state index in [2.05, 4.69) is 13.8 Å². The third kappa shape index (κ3) is 2.15. The minimum Gasteiger partial charge on any atom is -0.324 e. The average Bonchev–Trinajstić information content (AvgIpc) is 2.80. The summed E-state index contributed by atoms with van der Waals surface area (Å²) >= 11 is 6.33. The lowest BCUT2D eigenvalue weighted by molar-refractivity contribution is 0.554. The Morgan fingerprint density at radius 3 is 2.80 bits per heavy atom. The summed E-state index contributed by atoms with van der Waals surface area (Å²) in [4.78, 5) is 0. The summed E-state index contributed by atoms with van der Waals surface area (Å²) < 4.78 is 2.01. The van der Waals surface area contributed by atoms with Gasteiger partial charge in [-0.2, -0.15) is 5.10 Å². The number of fused-ring (bicyclic) bond motifs is 1. The molecule has 2 aromatic rings. The molecule has 1 aliphatic rings. The Morgan fingerprint density at radius 2 is 2.10 bits per heavy atom. The summed E-state index contributed by atoms with van der Waals surface area (Å²) in [6.45, 7) is 4.34. The Kier molecular flexibility index (Phi) is 3.57. The first-order valence-corrected chi connectivity index (χ1v) is 7.59. The van der Waals surface area contributed by atoms with Gasteiger partial charge in [0.2, 0.25) is 0 Å². The van der Waals surface area contributed by atoms with Crippen molar-refractivity contribution < 1.29 is 0 Å². The number of hydrogen-bond acceptors (Lipinski definition) is 2. The molecule has 106 valence electrons. The van der Waals surface area contributed by atoms with Gasteiger partial charge in [-0.1, -0.05) is 37.6 Å². The predicted octanol–water partition coefficient (Wildman–Crippen LogP) is 3.99. The van der Waals surface area contributed by atoms with Crippen molar-refractivity contribution in [1.82, 2.24) is 9.78 Å². The summed E-state index contributed by atoms with van der Waals surface area (Å²) in [5, 5.41) is 5.55. The molecule has 3 rings (SSSR count). The van der Waals surface area contributed by atoms with Crippen LogP contribution in [0.2, 0.25) is 5.02 Å². The second-order valence-electron chi connectivity index (χ2n) is 5.76. The molecular weight excluding hydrogens is 270 g/mol. The molecule has 4 heteroatoms. The highest BCUT2D eigenvalue weighted by molar-refractivity contribution is 6.32. The second-order valence-corrected chi connectivity index (χ2v) is 6.17. The van der Waals surface area contributed by atoms with Crippen molar-refractivity contribution in [2.24, 2.45) is 5.73 Å². The van der Waals surface area contributed by atoms with E-state index in [1.165, 1.54) is 11.3 Å². The van der Waals surface area contributed by atoms with Gasteiger partial charge in [-0.05, 0) is 37.3 Å². The van der Waals surface area contributed by atoms with Gasteiger partial charge in [-0.15, -0.1) is 0 Å². The zero-order chi connectivity index (χ0) is 14.3. The molecule has 0 amide bonds. The van der Waals surface area contributed by atoms with Crippen LogP contribution in [0.3, 0.4) is 0 Å². The monoisotopic (exact) mass is 289 g/mol. The third-order valence-corrected chi connectivity index (χ3v) is 4.30. The van der Waals surface area contributed by atoms with Crippen LogP contribution in [0.25, 0.3) is 5.69 Å². The van der Waals surface area contributed by atoms with Crippen LogP contribution >= 0.6 is 11.6 Å². The van der Waals surface area contributed by atoms with E-state index >= 15 is 0 Å². The smallest absolute Gasteiger partial charge is 0.0835 e. The van der Waals surface area contributed by atoms with Crippen molar-refractivity contribution in [2.45, 2.75) is 45.1 Å². The maximum Gasteiger partial charge on any atom is 0.0835 e. The standard InChI is InChI=1S/C16H20ClN3/c1-10(2)16-15-12(18)7-5-9-14(15)20(19-16)13-8-4-3-6-11(13)17/h3-4,6,8,10,12H,5,7,9,18H2,1-2H3. The number of benzene rings is 1. The van der Waals surface area contributed by atoms with Crippen LogP contribution in [-0.4, -0.2) is 9.78 Å². The van der Waals surface area contributed by atoms with Crippen LogP contribution in [0, 0.1) is 0 Å².